The maximum Gasteiger partial charge on any atom is 0.0656 e. The lowest BCUT2D eigenvalue weighted by molar-refractivity contribution is 1.09. The van der Waals surface area contributed by atoms with Crippen LogP contribution in [-0.4, -0.2) is 4.98 Å². The number of aromatic nitrogens is 1. The molecule has 0 bridgehead atoms. The minimum atomic E-state index is 0.578. The molecule has 94 valence electrons. The molecule has 0 fully saturated rings. The number of halogens is 1. The minimum absolute atomic E-state index is 0.578. The number of rotatable bonds is 3. The van der Waals surface area contributed by atoms with Crippen LogP contribution >= 0.6 is 11.6 Å². The highest BCUT2D eigenvalue weighted by molar-refractivity contribution is 6.33. The highest BCUT2D eigenvalue weighted by Gasteiger charge is 2.04. The van der Waals surface area contributed by atoms with Crippen LogP contribution in [0, 0.1) is 13.8 Å². The molecule has 0 aliphatic carbocycles. The lowest BCUT2D eigenvalue weighted by Gasteiger charge is -2.12. The lowest BCUT2D eigenvalue weighted by Crippen LogP contribution is -2.03. The zero-order chi connectivity index (χ0) is 13.1. The molecule has 0 spiro atoms. The number of nitrogen functional groups attached to an aromatic ring is 1. The first-order valence-corrected chi connectivity index (χ1v) is 6.14. The average Bonchev–Trinajstić information content (AvgIpc) is 2.34. The van der Waals surface area contributed by atoms with Crippen molar-refractivity contribution in [2.24, 2.45) is 0 Å². The first-order chi connectivity index (χ1) is 8.58. The first-order valence-electron chi connectivity index (χ1n) is 5.77. The Bertz CT molecular complexity index is 567. The summed E-state index contributed by atoms with van der Waals surface area (Å²) in [7, 11) is 0. The average molecular weight is 262 g/mol. The molecule has 0 saturated carbocycles. The van der Waals surface area contributed by atoms with E-state index in [2.05, 4.69) is 10.3 Å². The van der Waals surface area contributed by atoms with E-state index >= 15 is 0 Å². The van der Waals surface area contributed by atoms with E-state index in [0.717, 1.165) is 17.8 Å². The van der Waals surface area contributed by atoms with Gasteiger partial charge in [0.25, 0.3) is 0 Å². The van der Waals surface area contributed by atoms with Crippen molar-refractivity contribution in [1.29, 1.82) is 0 Å². The number of aryl methyl sites for hydroxylation is 2. The smallest absolute Gasteiger partial charge is 0.0656 e. The molecule has 0 radical (unpaired) electrons. The van der Waals surface area contributed by atoms with E-state index in [9.17, 15) is 0 Å². The van der Waals surface area contributed by atoms with Gasteiger partial charge in [-0.25, -0.2) is 0 Å². The summed E-state index contributed by atoms with van der Waals surface area (Å²) in [5.41, 5.74) is 10.8. The molecule has 2 rings (SSSR count). The summed E-state index contributed by atoms with van der Waals surface area (Å²) in [6, 6.07) is 5.75. The Morgan fingerprint density at radius 1 is 1.28 bits per heavy atom. The van der Waals surface area contributed by atoms with Gasteiger partial charge in [-0.3, -0.25) is 4.98 Å². The van der Waals surface area contributed by atoms with Gasteiger partial charge in [-0.1, -0.05) is 11.6 Å². The van der Waals surface area contributed by atoms with Gasteiger partial charge in [-0.05, 0) is 48.7 Å². The Morgan fingerprint density at radius 2 is 2.06 bits per heavy atom. The molecular formula is C14H16ClN3. The fourth-order valence-electron chi connectivity index (χ4n) is 1.79. The molecule has 0 saturated heterocycles. The van der Waals surface area contributed by atoms with Crippen molar-refractivity contribution < 1.29 is 0 Å². The van der Waals surface area contributed by atoms with E-state index in [-0.39, 0.29) is 0 Å². The molecule has 1 aromatic carbocycles. The maximum atomic E-state index is 6.02. The molecule has 3 N–H and O–H groups in total. The molecule has 18 heavy (non-hydrogen) atoms. The Balaban J connectivity index is 2.16. The van der Waals surface area contributed by atoms with Gasteiger partial charge in [0.05, 0.1) is 10.7 Å². The van der Waals surface area contributed by atoms with Crippen LogP contribution in [0.2, 0.25) is 5.02 Å². The monoisotopic (exact) mass is 261 g/mol. The fraction of sp³-hybridized carbons (Fsp3) is 0.214. The van der Waals surface area contributed by atoms with Crippen molar-refractivity contribution in [3.05, 3.63) is 52.3 Å². The Hall–Kier alpha value is -1.74. The Labute approximate surface area is 112 Å². The number of nitrogens with zero attached hydrogens (tertiary/aromatic N) is 1. The molecular weight excluding hydrogens is 246 g/mol. The fourth-order valence-corrected chi connectivity index (χ4v) is 1.95. The second kappa shape index (κ2) is 5.27. The summed E-state index contributed by atoms with van der Waals surface area (Å²) in [6.07, 6.45) is 3.66. The molecule has 3 nitrogen and oxygen atoms in total. The molecule has 4 heteroatoms. The third-order valence-corrected chi connectivity index (χ3v) is 3.28. The molecule has 0 aliphatic heterocycles. The SMILES string of the molecule is Cc1cnccc1CNc1cc(Cl)c(N)cc1C. The van der Waals surface area contributed by atoms with Crippen LogP contribution in [0.3, 0.4) is 0 Å². The lowest BCUT2D eigenvalue weighted by atomic mass is 10.1. The van der Waals surface area contributed by atoms with Crippen molar-refractivity contribution in [2.75, 3.05) is 11.1 Å². The van der Waals surface area contributed by atoms with E-state index in [0.29, 0.717) is 10.7 Å². The standard InChI is InChI=1S/C14H16ClN3/c1-9-5-13(16)12(15)6-14(9)18-8-11-3-4-17-7-10(11)2/h3-7,18H,8,16H2,1-2H3. The van der Waals surface area contributed by atoms with Crippen LogP contribution in [0.15, 0.2) is 30.6 Å². The second-order valence-corrected chi connectivity index (χ2v) is 4.75. The molecule has 1 heterocycles. The van der Waals surface area contributed by atoms with Gasteiger partial charge in [0.2, 0.25) is 0 Å². The minimum Gasteiger partial charge on any atom is -0.398 e. The topological polar surface area (TPSA) is 50.9 Å². The van der Waals surface area contributed by atoms with Crippen LogP contribution in [0.5, 0.6) is 0 Å². The van der Waals surface area contributed by atoms with Crippen LogP contribution in [0.25, 0.3) is 0 Å². The molecule has 2 aromatic rings. The number of anilines is 2. The third-order valence-electron chi connectivity index (χ3n) is 2.95. The van der Waals surface area contributed by atoms with Gasteiger partial charge in [0.15, 0.2) is 0 Å². The zero-order valence-electron chi connectivity index (χ0n) is 10.5. The highest BCUT2D eigenvalue weighted by atomic mass is 35.5. The van der Waals surface area contributed by atoms with Crippen molar-refractivity contribution in [1.82, 2.24) is 4.98 Å². The number of hydrogen-bond acceptors (Lipinski definition) is 3. The zero-order valence-corrected chi connectivity index (χ0v) is 11.3. The summed E-state index contributed by atoms with van der Waals surface area (Å²) in [5.74, 6) is 0. The molecule has 0 atom stereocenters. The number of nitrogens with two attached hydrogens (primary N) is 1. The first kappa shape index (κ1) is 12.7. The normalized spacial score (nSPS) is 10.4. The van der Waals surface area contributed by atoms with Crippen LogP contribution in [0.1, 0.15) is 16.7 Å². The van der Waals surface area contributed by atoms with E-state index in [1.807, 2.05) is 38.2 Å². The second-order valence-electron chi connectivity index (χ2n) is 4.34. The maximum absolute atomic E-state index is 6.02. The Kier molecular flexibility index (Phi) is 3.72. The predicted octanol–water partition coefficient (Wildman–Crippen LogP) is 3.55. The predicted molar refractivity (Wildman–Crippen MR) is 76.9 cm³/mol. The van der Waals surface area contributed by atoms with Crippen molar-refractivity contribution >= 4 is 23.0 Å². The van der Waals surface area contributed by atoms with Gasteiger partial charge in [0, 0.05) is 24.6 Å². The summed E-state index contributed by atoms with van der Waals surface area (Å²) in [5, 5.41) is 3.95. The van der Waals surface area contributed by atoms with Crippen LogP contribution < -0.4 is 11.1 Å². The number of hydrogen-bond donors (Lipinski definition) is 2. The molecule has 0 unspecified atom stereocenters. The summed E-state index contributed by atoms with van der Waals surface area (Å²) in [4.78, 5) is 4.08. The highest BCUT2D eigenvalue weighted by Crippen LogP contribution is 2.27. The van der Waals surface area contributed by atoms with E-state index in [4.69, 9.17) is 17.3 Å². The van der Waals surface area contributed by atoms with Crippen LogP contribution in [0.4, 0.5) is 11.4 Å². The number of pyridine rings is 1. The van der Waals surface area contributed by atoms with Crippen molar-refractivity contribution in [3.63, 3.8) is 0 Å². The van der Waals surface area contributed by atoms with Gasteiger partial charge >= 0.3 is 0 Å². The van der Waals surface area contributed by atoms with E-state index in [1.165, 1.54) is 11.1 Å². The van der Waals surface area contributed by atoms with Crippen LogP contribution in [-0.2, 0) is 6.54 Å². The quantitative estimate of drug-likeness (QED) is 0.831. The summed E-state index contributed by atoms with van der Waals surface area (Å²) < 4.78 is 0. The Morgan fingerprint density at radius 3 is 2.78 bits per heavy atom. The van der Waals surface area contributed by atoms with E-state index in [1.54, 1.807) is 6.20 Å². The van der Waals surface area contributed by atoms with Gasteiger partial charge in [-0.15, -0.1) is 0 Å². The number of nitrogens with one attached hydrogen (secondary N) is 1. The third kappa shape index (κ3) is 2.74. The van der Waals surface area contributed by atoms with E-state index < -0.39 is 0 Å². The van der Waals surface area contributed by atoms with Crippen molar-refractivity contribution in [3.8, 4) is 0 Å². The van der Waals surface area contributed by atoms with Crippen molar-refractivity contribution in [2.45, 2.75) is 20.4 Å². The van der Waals surface area contributed by atoms with Gasteiger partial charge in [-0.2, -0.15) is 0 Å². The van der Waals surface area contributed by atoms with Gasteiger partial charge in [0.1, 0.15) is 0 Å². The molecule has 0 aliphatic rings. The summed E-state index contributed by atoms with van der Waals surface area (Å²) in [6.45, 7) is 4.80. The van der Waals surface area contributed by atoms with Gasteiger partial charge < -0.3 is 11.1 Å². The summed E-state index contributed by atoms with van der Waals surface area (Å²) >= 11 is 6.02. The molecule has 0 amide bonds. The molecule has 1 aromatic heterocycles. The largest absolute Gasteiger partial charge is 0.398 e. The number of benzene rings is 1.